The Morgan fingerprint density at radius 3 is 2.44 bits per heavy atom. The smallest absolute Gasteiger partial charge is 0.341 e. The Balaban J connectivity index is 1.30. The molecule has 1 amide bonds. The Kier molecular flexibility index (Phi) is 6.66. The molecule has 4 saturated carbocycles. The predicted molar refractivity (Wildman–Crippen MR) is 140 cm³/mol. The number of esters is 2. The van der Waals surface area contributed by atoms with E-state index >= 15 is 0 Å². The van der Waals surface area contributed by atoms with E-state index in [0.29, 0.717) is 34.4 Å². The standard InChI is InChI=1S/C28H32ClNO5S/c1-4-34-25(32)23-21(20-6-5-16(2)7-17(20)3)14-36-24(23)30-22(31)13-35-26(33)27-9-18-8-19(10-27)12-28(29,11-18)15-27/h5-7,14,18-19H,4,8-13,15H2,1-3H3,(H,30,31)/t18-,19+,27?,28?. The summed E-state index contributed by atoms with van der Waals surface area (Å²) >= 11 is 8.11. The average molecular weight is 530 g/mol. The number of halogens is 1. The molecule has 0 saturated heterocycles. The predicted octanol–water partition coefficient (Wildman–Crippen LogP) is 6.27. The zero-order valence-corrected chi connectivity index (χ0v) is 22.5. The normalized spacial score (nSPS) is 28.1. The lowest BCUT2D eigenvalue weighted by atomic mass is 9.49. The number of aryl methyl sites for hydroxylation is 2. The largest absolute Gasteiger partial charge is 0.462 e. The van der Waals surface area contributed by atoms with Crippen molar-refractivity contribution >= 4 is 45.8 Å². The zero-order valence-electron chi connectivity index (χ0n) is 20.9. The van der Waals surface area contributed by atoms with Gasteiger partial charge in [-0.2, -0.15) is 0 Å². The van der Waals surface area contributed by atoms with Crippen LogP contribution in [0.1, 0.15) is 66.9 Å². The van der Waals surface area contributed by atoms with Gasteiger partial charge in [0.1, 0.15) is 10.6 Å². The number of amides is 1. The third-order valence-electron chi connectivity index (χ3n) is 7.95. The van der Waals surface area contributed by atoms with Crippen LogP contribution < -0.4 is 5.32 Å². The van der Waals surface area contributed by atoms with E-state index in [4.69, 9.17) is 21.1 Å². The van der Waals surface area contributed by atoms with E-state index in [-0.39, 0.29) is 17.5 Å². The van der Waals surface area contributed by atoms with Gasteiger partial charge in [-0.05, 0) is 82.3 Å². The second-order valence-corrected chi connectivity index (χ2v) is 12.6. The summed E-state index contributed by atoms with van der Waals surface area (Å²) in [5.41, 5.74) is 3.52. The summed E-state index contributed by atoms with van der Waals surface area (Å²) in [6.45, 7) is 5.57. The van der Waals surface area contributed by atoms with Gasteiger partial charge in [-0.15, -0.1) is 22.9 Å². The fourth-order valence-electron chi connectivity index (χ4n) is 7.01. The Morgan fingerprint density at radius 1 is 1.08 bits per heavy atom. The van der Waals surface area contributed by atoms with E-state index < -0.39 is 23.9 Å². The van der Waals surface area contributed by atoms with Crippen LogP contribution in [0.4, 0.5) is 5.00 Å². The van der Waals surface area contributed by atoms with Crippen molar-refractivity contribution in [2.24, 2.45) is 17.3 Å². The van der Waals surface area contributed by atoms with E-state index in [1.807, 2.05) is 31.4 Å². The molecule has 6 rings (SSSR count). The number of hydrogen-bond donors (Lipinski definition) is 1. The van der Waals surface area contributed by atoms with Gasteiger partial charge in [0.2, 0.25) is 0 Å². The molecule has 4 aliphatic carbocycles. The SMILES string of the molecule is CCOC(=O)c1c(-c2ccc(C)cc2C)csc1NC(=O)COC(=O)C12C[C@@H]3C[C@@H](CC(Cl)(C3)C1)C2. The van der Waals surface area contributed by atoms with Crippen molar-refractivity contribution in [3.63, 3.8) is 0 Å². The molecule has 4 fully saturated rings. The summed E-state index contributed by atoms with van der Waals surface area (Å²) in [6.07, 6.45) is 5.32. The Bertz CT molecular complexity index is 1210. The molecular formula is C28H32ClNO5S. The van der Waals surface area contributed by atoms with Gasteiger partial charge in [0, 0.05) is 15.8 Å². The summed E-state index contributed by atoms with van der Waals surface area (Å²) in [6, 6.07) is 6.01. The molecule has 1 aromatic carbocycles. The van der Waals surface area contributed by atoms with Crippen LogP contribution in [0.3, 0.4) is 0 Å². The number of thiophene rings is 1. The molecule has 0 aliphatic heterocycles. The summed E-state index contributed by atoms with van der Waals surface area (Å²) in [5.74, 6) is -0.362. The quantitative estimate of drug-likeness (QED) is 0.338. The van der Waals surface area contributed by atoms with Crippen LogP contribution >= 0.6 is 22.9 Å². The van der Waals surface area contributed by atoms with Crippen LogP contribution in [0, 0.1) is 31.1 Å². The summed E-state index contributed by atoms with van der Waals surface area (Å²) in [4.78, 5) is 38.6. The molecule has 8 heteroatoms. The highest BCUT2D eigenvalue weighted by Gasteiger charge is 2.60. The number of nitrogens with one attached hydrogen (secondary N) is 1. The van der Waals surface area contributed by atoms with Crippen LogP contribution in [-0.2, 0) is 19.1 Å². The molecular weight excluding hydrogens is 498 g/mol. The van der Waals surface area contributed by atoms with E-state index in [9.17, 15) is 14.4 Å². The van der Waals surface area contributed by atoms with Gasteiger partial charge in [0.25, 0.3) is 5.91 Å². The highest BCUT2D eigenvalue weighted by atomic mass is 35.5. The molecule has 1 N–H and O–H groups in total. The number of carbonyl (C=O) groups is 3. The number of alkyl halides is 1. The number of anilines is 1. The molecule has 6 nitrogen and oxygen atoms in total. The lowest BCUT2D eigenvalue weighted by molar-refractivity contribution is -0.171. The minimum absolute atomic E-state index is 0.220. The molecule has 4 aliphatic rings. The maximum atomic E-state index is 13.2. The van der Waals surface area contributed by atoms with Gasteiger partial charge in [0.15, 0.2) is 6.61 Å². The number of ether oxygens (including phenoxy) is 2. The van der Waals surface area contributed by atoms with Gasteiger partial charge in [-0.25, -0.2) is 4.79 Å². The maximum absolute atomic E-state index is 13.2. The second kappa shape index (κ2) is 9.49. The summed E-state index contributed by atoms with van der Waals surface area (Å²) in [7, 11) is 0. The number of hydrogen-bond acceptors (Lipinski definition) is 6. The Morgan fingerprint density at radius 2 is 1.81 bits per heavy atom. The molecule has 1 aromatic heterocycles. The van der Waals surface area contributed by atoms with Crippen LogP contribution in [0.15, 0.2) is 23.6 Å². The van der Waals surface area contributed by atoms with E-state index in [2.05, 4.69) is 11.4 Å². The molecule has 0 radical (unpaired) electrons. The number of benzene rings is 1. The fourth-order valence-corrected chi connectivity index (χ4v) is 8.66. The van der Waals surface area contributed by atoms with E-state index in [1.54, 1.807) is 6.92 Å². The van der Waals surface area contributed by atoms with Gasteiger partial charge in [-0.3, -0.25) is 9.59 Å². The molecule has 36 heavy (non-hydrogen) atoms. The van der Waals surface area contributed by atoms with Gasteiger partial charge in [-0.1, -0.05) is 23.8 Å². The molecule has 4 bridgehead atoms. The minimum atomic E-state index is -0.568. The van der Waals surface area contributed by atoms with E-state index in [0.717, 1.165) is 48.8 Å². The lowest BCUT2D eigenvalue weighted by Crippen LogP contribution is -2.56. The van der Waals surface area contributed by atoms with Crippen molar-refractivity contribution in [2.45, 2.75) is 64.2 Å². The summed E-state index contributed by atoms with van der Waals surface area (Å²) < 4.78 is 10.9. The molecule has 2 unspecified atom stereocenters. The van der Waals surface area contributed by atoms with Gasteiger partial charge < -0.3 is 14.8 Å². The average Bonchev–Trinajstić information content (AvgIpc) is 3.19. The zero-order chi connectivity index (χ0) is 25.7. The van der Waals surface area contributed by atoms with Crippen molar-refractivity contribution in [1.29, 1.82) is 0 Å². The third-order valence-corrected chi connectivity index (χ3v) is 9.29. The minimum Gasteiger partial charge on any atom is -0.462 e. The fraction of sp³-hybridized carbons (Fsp3) is 0.536. The van der Waals surface area contributed by atoms with Crippen LogP contribution in [0.25, 0.3) is 11.1 Å². The van der Waals surface area contributed by atoms with Crippen LogP contribution in [0.5, 0.6) is 0 Å². The van der Waals surface area contributed by atoms with Crippen molar-refractivity contribution in [2.75, 3.05) is 18.5 Å². The highest BCUT2D eigenvalue weighted by Crippen LogP contribution is 2.64. The maximum Gasteiger partial charge on any atom is 0.341 e. The van der Waals surface area contributed by atoms with Crippen molar-refractivity contribution in [1.82, 2.24) is 0 Å². The van der Waals surface area contributed by atoms with Crippen molar-refractivity contribution < 1.29 is 23.9 Å². The molecule has 192 valence electrons. The first-order valence-electron chi connectivity index (χ1n) is 12.6. The lowest BCUT2D eigenvalue weighted by Gasteiger charge is -2.58. The number of rotatable bonds is 7. The first-order valence-corrected chi connectivity index (χ1v) is 13.9. The number of carbonyl (C=O) groups excluding carboxylic acids is 3. The Labute approximate surface area is 220 Å². The van der Waals surface area contributed by atoms with E-state index in [1.165, 1.54) is 11.3 Å². The molecule has 1 heterocycles. The van der Waals surface area contributed by atoms with Crippen LogP contribution in [-0.4, -0.2) is 35.9 Å². The van der Waals surface area contributed by atoms with Gasteiger partial charge >= 0.3 is 11.9 Å². The summed E-state index contributed by atoms with van der Waals surface area (Å²) in [5, 5.41) is 5.02. The molecule has 0 spiro atoms. The first-order chi connectivity index (χ1) is 17.1. The first kappa shape index (κ1) is 25.3. The molecule has 4 atom stereocenters. The van der Waals surface area contributed by atoms with Crippen molar-refractivity contribution in [3.8, 4) is 11.1 Å². The van der Waals surface area contributed by atoms with Crippen LogP contribution in [0.2, 0.25) is 0 Å². The monoisotopic (exact) mass is 529 g/mol. The van der Waals surface area contributed by atoms with Gasteiger partial charge in [0.05, 0.1) is 12.0 Å². The third kappa shape index (κ3) is 4.68. The second-order valence-electron chi connectivity index (χ2n) is 10.9. The Hall–Kier alpha value is -2.38. The topological polar surface area (TPSA) is 81.7 Å². The molecule has 2 aromatic rings. The van der Waals surface area contributed by atoms with Crippen molar-refractivity contribution in [3.05, 3.63) is 40.3 Å². The highest BCUT2D eigenvalue weighted by molar-refractivity contribution is 7.15.